The van der Waals surface area contributed by atoms with Crippen LogP contribution in [0.15, 0.2) is 17.0 Å². The summed E-state index contributed by atoms with van der Waals surface area (Å²) in [6.45, 7) is -0.295. The highest BCUT2D eigenvalue weighted by Gasteiger charge is 2.41. The lowest BCUT2D eigenvalue weighted by molar-refractivity contribution is -0.159. The summed E-state index contributed by atoms with van der Waals surface area (Å²) in [4.78, 5) is 11.8. The fraction of sp³-hybridized carbons (Fsp3) is 0.500. The Morgan fingerprint density at radius 3 is 2.44 bits per heavy atom. The number of halogens is 7. The maximum atomic E-state index is 14.1. The van der Waals surface area contributed by atoms with Gasteiger partial charge in [-0.25, -0.2) is 4.39 Å². The predicted molar refractivity (Wildman–Crippen MR) is 86.1 cm³/mol. The lowest BCUT2D eigenvalue weighted by Crippen LogP contribution is -2.43. The zero-order valence-corrected chi connectivity index (χ0v) is 15.2. The number of rotatable bonds is 5. The predicted octanol–water partition coefficient (Wildman–Crippen LogP) is 3.64. The number of nitrogens with zero attached hydrogens (tertiary/aromatic N) is 1. The van der Waals surface area contributed by atoms with E-state index in [0.717, 1.165) is 23.9 Å². The number of aryl methyl sites for hydroxylation is 1. The van der Waals surface area contributed by atoms with Gasteiger partial charge in [-0.15, -0.1) is 11.8 Å². The second-order valence-corrected chi connectivity index (χ2v) is 8.14. The molecule has 1 aromatic carbocycles. The summed E-state index contributed by atoms with van der Waals surface area (Å²) >= 11 is -1.74. The van der Waals surface area contributed by atoms with Gasteiger partial charge in [-0.2, -0.15) is 26.3 Å². The van der Waals surface area contributed by atoms with Crippen LogP contribution in [0.4, 0.5) is 36.4 Å². The zero-order chi connectivity index (χ0) is 20.6. The maximum absolute atomic E-state index is 14.1. The maximum Gasteiger partial charge on any atom is 0.433 e. The first kappa shape index (κ1) is 22.0. The number of benzene rings is 1. The second-order valence-electron chi connectivity index (χ2n) is 5.65. The lowest BCUT2D eigenvalue weighted by Gasteiger charge is -2.26. The topological polar surface area (TPSA) is 55.4 Å². The van der Waals surface area contributed by atoms with Crippen molar-refractivity contribution in [3.63, 3.8) is 0 Å². The van der Waals surface area contributed by atoms with E-state index < -0.39 is 58.7 Å². The van der Waals surface area contributed by atoms with Gasteiger partial charge in [-0.05, 0) is 24.2 Å². The Labute approximate surface area is 156 Å². The van der Waals surface area contributed by atoms with Crippen LogP contribution in [0.3, 0.4) is 0 Å². The molecule has 0 spiro atoms. The average Bonchev–Trinajstić information content (AvgIpc) is 2.79. The van der Waals surface area contributed by atoms with E-state index in [1.54, 1.807) is 0 Å². The summed E-state index contributed by atoms with van der Waals surface area (Å²) < 4.78 is 101. The third-order valence-corrected chi connectivity index (χ3v) is 6.02. The molecule has 0 radical (unpaired) electrons. The monoisotopic (exact) mass is 438 g/mol. The minimum atomic E-state index is -4.71. The first-order valence-electron chi connectivity index (χ1n) is 7.26. The van der Waals surface area contributed by atoms with Crippen molar-refractivity contribution in [2.24, 2.45) is 0 Å². The number of hydrogen-bond donors (Lipinski definition) is 1. The van der Waals surface area contributed by atoms with Gasteiger partial charge in [0.05, 0.1) is 11.4 Å². The van der Waals surface area contributed by atoms with E-state index in [2.05, 4.69) is 5.32 Å². The quantitative estimate of drug-likeness (QED) is 0.564. The number of carbonyl (C=O) groups excluding carboxylic acids is 1. The second kappa shape index (κ2) is 7.95. The summed E-state index contributed by atoms with van der Waals surface area (Å²) in [5.41, 5.74) is -1.70. The molecule has 27 heavy (non-hydrogen) atoms. The van der Waals surface area contributed by atoms with Crippen LogP contribution < -0.4 is 5.32 Å². The molecule has 1 aliphatic rings. The fourth-order valence-electron chi connectivity index (χ4n) is 2.31. The lowest BCUT2D eigenvalue weighted by atomic mass is 10.2. The molecule has 1 aromatic rings. The van der Waals surface area contributed by atoms with Gasteiger partial charge in [0.2, 0.25) is 11.7 Å². The standard InChI is InChI=1S/C14H13F7N2O2S2/c1-7-2-8(15)9(3-10(7)27(25)6-14(19,20)21)22-12-23(5-13(16,17)18)11(24)4-26-12/h2-3,12,22H,4-6H2,1H3. The Balaban J connectivity index is 2.25. The van der Waals surface area contributed by atoms with Crippen LogP contribution in [0.2, 0.25) is 0 Å². The molecular weight excluding hydrogens is 425 g/mol. The van der Waals surface area contributed by atoms with Crippen molar-refractivity contribution in [1.29, 1.82) is 0 Å². The Morgan fingerprint density at radius 2 is 1.89 bits per heavy atom. The molecule has 1 N–H and O–H groups in total. The molecule has 1 fully saturated rings. The number of carbonyl (C=O) groups is 1. The first-order chi connectivity index (χ1) is 12.3. The number of anilines is 1. The number of nitrogens with one attached hydrogen (secondary N) is 1. The van der Waals surface area contributed by atoms with Gasteiger partial charge in [0, 0.05) is 11.6 Å². The largest absolute Gasteiger partial charge is 0.611 e. The van der Waals surface area contributed by atoms with Gasteiger partial charge in [-0.1, -0.05) is 0 Å². The van der Waals surface area contributed by atoms with E-state index in [9.17, 15) is 40.1 Å². The van der Waals surface area contributed by atoms with Crippen molar-refractivity contribution in [2.75, 3.05) is 23.4 Å². The van der Waals surface area contributed by atoms with E-state index in [1.165, 1.54) is 6.92 Å². The van der Waals surface area contributed by atoms with E-state index in [4.69, 9.17) is 0 Å². The SMILES string of the molecule is Cc1cc(F)c(NC2SCC(=O)N2CC(F)(F)F)cc1[S+]([O-])CC(F)(F)F. The number of thioether (sulfide) groups is 1. The summed E-state index contributed by atoms with van der Waals surface area (Å²) in [7, 11) is 0. The number of alkyl halides is 6. The molecule has 2 rings (SSSR count). The van der Waals surface area contributed by atoms with Crippen LogP contribution in [-0.4, -0.2) is 51.3 Å². The highest BCUT2D eigenvalue weighted by Crippen LogP contribution is 2.33. The molecule has 152 valence electrons. The van der Waals surface area contributed by atoms with Gasteiger partial charge in [-0.3, -0.25) is 4.79 Å². The van der Waals surface area contributed by atoms with Gasteiger partial charge >= 0.3 is 12.4 Å². The van der Waals surface area contributed by atoms with Crippen molar-refractivity contribution < 1.29 is 40.1 Å². The number of hydrogen-bond acceptors (Lipinski definition) is 4. The molecule has 0 bridgehead atoms. The van der Waals surface area contributed by atoms with Crippen molar-refractivity contribution in [3.8, 4) is 0 Å². The molecule has 4 nitrogen and oxygen atoms in total. The molecule has 2 unspecified atom stereocenters. The Kier molecular flexibility index (Phi) is 6.47. The molecule has 2 atom stereocenters. The fourth-order valence-corrected chi connectivity index (χ4v) is 4.47. The van der Waals surface area contributed by atoms with Crippen molar-refractivity contribution in [3.05, 3.63) is 23.5 Å². The normalized spacial score (nSPS) is 19.5. The average molecular weight is 438 g/mol. The molecule has 0 aromatic heterocycles. The van der Waals surface area contributed by atoms with E-state index >= 15 is 0 Å². The third-order valence-electron chi connectivity index (χ3n) is 3.40. The summed E-state index contributed by atoms with van der Waals surface area (Å²) in [5.74, 6) is -3.68. The van der Waals surface area contributed by atoms with Crippen LogP contribution in [0.5, 0.6) is 0 Å². The van der Waals surface area contributed by atoms with E-state index in [1.807, 2.05) is 0 Å². The van der Waals surface area contributed by atoms with Crippen molar-refractivity contribution in [1.82, 2.24) is 4.90 Å². The molecule has 0 aliphatic carbocycles. The highest BCUT2D eigenvalue weighted by molar-refractivity contribution is 8.01. The molecular formula is C14H13F7N2O2S2. The molecule has 0 saturated carbocycles. The van der Waals surface area contributed by atoms with Crippen molar-refractivity contribution in [2.45, 2.75) is 29.7 Å². The minimum Gasteiger partial charge on any atom is -0.611 e. The van der Waals surface area contributed by atoms with Crippen LogP contribution >= 0.6 is 11.8 Å². The molecule has 1 amide bonds. The molecule has 1 heterocycles. The highest BCUT2D eigenvalue weighted by atomic mass is 32.2. The van der Waals surface area contributed by atoms with Crippen LogP contribution in [-0.2, 0) is 16.0 Å². The van der Waals surface area contributed by atoms with Gasteiger partial charge in [0.1, 0.15) is 12.4 Å². The third kappa shape index (κ3) is 6.07. The Bertz CT molecular complexity index is 712. The minimum absolute atomic E-state index is 0.00272. The van der Waals surface area contributed by atoms with E-state index in [-0.39, 0.29) is 16.2 Å². The smallest absolute Gasteiger partial charge is 0.433 e. The van der Waals surface area contributed by atoms with Crippen LogP contribution in [0.1, 0.15) is 5.56 Å². The van der Waals surface area contributed by atoms with Crippen LogP contribution in [0, 0.1) is 12.7 Å². The Morgan fingerprint density at radius 1 is 1.26 bits per heavy atom. The molecule has 1 aliphatic heterocycles. The van der Waals surface area contributed by atoms with Gasteiger partial charge in [0.15, 0.2) is 10.4 Å². The summed E-state index contributed by atoms with van der Waals surface area (Å²) in [6, 6.07) is 1.70. The first-order valence-corrected chi connectivity index (χ1v) is 9.63. The summed E-state index contributed by atoms with van der Waals surface area (Å²) in [5, 5.41) is 2.37. The zero-order valence-electron chi connectivity index (χ0n) is 13.6. The van der Waals surface area contributed by atoms with Crippen LogP contribution in [0.25, 0.3) is 0 Å². The van der Waals surface area contributed by atoms with Crippen molar-refractivity contribution >= 4 is 34.5 Å². The molecule has 1 saturated heterocycles. The molecule has 13 heteroatoms. The Hall–Kier alpha value is -1.34. The number of amides is 1. The van der Waals surface area contributed by atoms with Gasteiger partial charge in [0.25, 0.3) is 0 Å². The summed E-state index contributed by atoms with van der Waals surface area (Å²) in [6.07, 6.45) is -9.39. The van der Waals surface area contributed by atoms with Gasteiger partial charge < -0.3 is 14.8 Å². The van der Waals surface area contributed by atoms with E-state index in [0.29, 0.717) is 4.90 Å².